The van der Waals surface area contributed by atoms with E-state index in [1.807, 2.05) is 0 Å². The van der Waals surface area contributed by atoms with Crippen LogP contribution in [0.4, 0.5) is 0 Å². The van der Waals surface area contributed by atoms with E-state index in [1.54, 1.807) is 6.92 Å². The maximum Gasteiger partial charge on any atom is 0.0945 e. The zero-order chi connectivity index (χ0) is 23.8. The van der Waals surface area contributed by atoms with E-state index in [0.717, 1.165) is 0 Å². The van der Waals surface area contributed by atoms with Gasteiger partial charge in [-0.1, -0.05) is 98.8 Å². The van der Waals surface area contributed by atoms with Crippen LogP contribution in [0.3, 0.4) is 0 Å². The van der Waals surface area contributed by atoms with E-state index in [4.69, 9.17) is 0 Å². The average molecular weight is 464 g/mol. The van der Waals surface area contributed by atoms with Crippen molar-refractivity contribution in [3.05, 3.63) is 0 Å². The van der Waals surface area contributed by atoms with Crippen LogP contribution in [0.2, 0.25) is 0 Å². The van der Waals surface area contributed by atoms with Gasteiger partial charge in [-0.3, -0.25) is 0 Å². The summed E-state index contributed by atoms with van der Waals surface area (Å²) in [6.45, 7) is 16.7. The van der Waals surface area contributed by atoms with Gasteiger partial charge in [0.25, 0.3) is 0 Å². The molecule has 0 unspecified atom stereocenters. The van der Waals surface area contributed by atoms with Crippen LogP contribution < -0.4 is 0 Å². The van der Waals surface area contributed by atoms with Crippen LogP contribution in [-0.4, -0.2) is 49.4 Å². The van der Waals surface area contributed by atoms with E-state index in [1.165, 1.54) is 127 Å². The van der Waals surface area contributed by atoms with E-state index in [2.05, 4.69) is 27.7 Å². The molecule has 0 N–H and O–H groups in total. The first kappa shape index (κ1) is 33.0. The molecule has 0 spiro atoms. The van der Waals surface area contributed by atoms with Gasteiger partial charge in [0.15, 0.2) is 0 Å². The Kier molecular flexibility index (Phi) is 24.6. The van der Waals surface area contributed by atoms with Crippen LogP contribution in [0.1, 0.15) is 137 Å². The molecule has 5 heteroatoms. The third kappa shape index (κ3) is 24.3. The highest BCUT2D eigenvalue weighted by atomic mass is 32.2. The zero-order valence-corrected chi connectivity index (χ0v) is 22.7. The summed E-state index contributed by atoms with van der Waals surface area (Å²) in [7, 11) is -3.92. The zero-order valence-electron chi connectivity index (χ0n) is 21.9. The topological polar surface area (TPSA) is 57.2 Å². The lowest BCUT2D eigenvalue weighted by atomic mass is 10.0. The molecule has 0 fully saturated rings. The fourth-order valence-electron chi connectivity index (χ4n) is 4.63. The Labute approximate surface area is 196 Å². The van der Waals surface area contributed by atoms with Gasteiger partial charge in [-0.15, -0.1) is 0 Å². The van der Waals surface area contributed by atoms with E-state index < -0.39 is 10.1 Å². The molecule has 0 aromatic rings. The minimum atomic E-state index is -3.92. The van der Waals surface area contributed by atoms with E-state index in [9.17, 15) is 13.0 Å². The summed E-state index contributed by atoms with van der Waals surface area (Å²) in [5, 5.41) is 0. The first-order valence-electron chi connectivity index (χ1n) is 13.6. The molecule has 0 radical (unpaired) electrons. The van der Waals surface area contributed by atoms with Crippen molar-refractivity contribution in [2.24, 2.45) is 0 Å². The molecule has 0 aliphatic heterocycles. The number of hydrogen-bond donors (Lipinski definition) is 0. The van der Waals surface area contributed by atoms with Gasteiger partial charge in [0.2, 0.25) is 0 Å². The van der Waals surface area contributed by atoms with Crippen LogP contribution in [0, 0.1) is 0 Å². The Morgan fingerprint density at radius 1 is 0.484 bits per heavy atom. The molecule has 0 aliphatic carbocycles. The maximum atomic E-state index is 9.68. The Bertz CT molecular complexity index is 435. The molecular formula is C26H57NO3S. The van der Waals surface area contributed by atoms with E-state index >= 15 is 0 Å². The van der Waals surface area contributed by atoms with Crippen LogP contribution >= 0.6 is 0 Å². The standard InChI is InChI=1S/C23H50N.C3H8O3S/c1-5-9-10-11-12-13-14-15-16-17-18-19-23-24(20-6-2,21-7-3)22-8-4;1-2-3-7(4,5)6/h5-23H2,1-4H3;2-3H2,1H3,(H,4,5,6)/q+1;/p-1. The third-order valence-corrected chi connectivity index (χ3v) is 6.94. The lowest BCUT2D eigenvalue weighted by molar-refractivity contribution is -0.928. The molecule has 0 rings (SSSR count). The summed E-state index contributed by atoms with van der Waals surface area (Å²) in [6, 6.07) is 0. The smallest absolute Gasteiger partial charge is 0.0945 e. The highest BCUT2D eigenvalue weighted by Gasteiger charge is 2.23. The predicted octanol–water partition coefficient (Wildman–Crippen LogP) is 7.68. The summed E-state index contributed by atoms with van der Waals surface area (Å²) >= 11 is 0. The molecule has 0 saturated carbocycles. The number of hydrogen-bond acceptors (Lipinski definition) is 3. The molecule has 0 aromatic heterocycles. The van der Waals surface area contributed by atoms with Crippen molar-refractivity contribution >= 4 is 10.1 Å². The van der Waals surface area contributed by atoms with Crippen LogP contribution in [0.15, 0.2) is 0 Å². The molecule has 0 amide bonds. The van der Waals surface area contributed by atoms with Gasteiger partial charge in [-0.25, -0.2) is 8.42 Å². The van der Waals surface area contributed by atoms with E-state index in [-0.39, 0.29) is 5.75 Å². The highest BCUT2D eigenvalue weighted by Crippen LogP contribution is 2.16. The number of quaternary nitrogens is 1. The Hall–Kier alpha value is -0.130. The minimum Gasteiger partial charge on any atom is -0.748 e. The van der Waals surface area contributed by atoms with Gasteiger partial charge < -0.3 is 9.04 Å². The SMILES string of the molecule is CCCCCCCCCCCCCC[N+](CCC)(CCC)CCC.CCCS(=O)(=O)[O-]. The Balaban J connectivity index is 0. The van der Waals surface area contributed by atoms with Crippen molar-refractivity contribution in [3.8, 4) is 0 Å². The first-order valence-corrected chi connectivity index (χ1v) is 15.2. The monoisotopic (exact) mass is 463 g/mol. The summed E-state index contributed by atoms with van der Waals surface area (Å²) in [5.74, 6) is -0.243. The Morgan fingerprint density at radius 2 is 0.839 bits per heavy atom. The lowest BCUT2D eigenvalue weighted by Gasteiger charge is -2.38. The molecular weight excluding hydrogens is 406 g/mol. The van der Waals surface area contributed by atoms with Crippen LogP contribution in [-0.2, 0) is 10.1 Å². The highest BCUT2D eigenvalue weighted by molar-refractivity contribution is 7.85. The molecule has 190 valence electrons. The van der Waals surface area contributed by atoms with Gasteiger partial charge >= 0.3 is 0 Å². The molecule has 0 heterocycles. The molecule has 0 aliphatic rings. The quantitative estimate of drug-likeness (QED) is 0.0996. The van der Waals surface area contributed by atoms with Crippen molar-refractivity contribution in [2.45, 2.75) is 137 Å². The largest absolute Gasteiger partial charge is 0.748 e. The van der Waals surface area contributed by atoms with Gasteiger partial charge in [-0.05, 0) is 38.5 Å². The minimum absolute atomic E-state index is 0.243. The van der Waals surface area contributed by atoms with Crippen molar-refractivity contribution in [1.29, 1.82) is 0 Å². The molecule has 0 bridgehead atoms. The summed E-state index contributed by atoms with van der Waals surface area (Å²) < 4.78 is 30.4. The summed E-state index contributed by atoms with van der Waals surface area (Å²) in [5.41, 5.74) is 0. The molecule has 0 aromatic carbocycles. The number of nitrogens with zero attached hydrogens (tertiary/aromatic N) is 1. The molecule has 0 atom stereocenters. The molecule has 4 nitrogen and oxygen atoms in total. The lowest BCUT2D eigenvalue weighted by Crippen LogP contribution is -2.50. The second kappa shape index (κ2) is 23.0. The third-order valence-electron chi connectivity index (χ3n) is 6.03. The van der Waals surface area contributed by atoms with Gasteiger partial charge in [0.05, 0.1) is 36.3 Å². The molecule has 31 heavy (non-hydrogen) atoms. The first-order chi connectivity index (χ1) is 14.8. The maximum absolute atomic E-state index is 9.68. The molecule has 0 saturated heterocycles. The Morgan fingerprint density at radius 3 is 1.10 bits per heavy atom. The fourth-order valence-corrected chi connectivity index (χ4v) is 5.13. The van der Waals surface area contributed by atoms with E-state index in [0.29, 0.717) is 6.42 Å². The average Bonchev–Trinajstić information content (AvgIpc) is 2.69. The van der Waals surface area contributed by atoms with Gasteiger partial charge in [-0.2, -0.15) is 0 Å². The number of unbranched alkanes of at least 4 members (excludes halogenated alkanes) is 11. The predicted molar refractivity (Wildman–Crippen MR) is 137 cm³/mol. The second-order valence-corrected chi connectivity index (χ2v) is 10.9. The summed E-state index contributed by atoms with van der Waals surface area (Å²) in [6.07, 6.45) is 22.0. The fraction of sp³-hybridized carbons (Fsp3) is 1.00. The number of rotatable bonds is 21. The van der Waals surface area contributed by atoms with Crippen molar-refractivity contribution in [2.75, 3.05) is 31.9 Å². The van der Waals surface area contributed by atoms with Crippen LogP contribution in [0.5, 0.6) is 0 Å². The van der Waals surface area contributed by atoms with Gasteiger partial charge in [0, 0.05) is 5.75 Å². The van der Waals surface area contributed by atoms with Gasteiger partial charge in [0.1, 0.15) is 0 Å². The summed E-state index contributed by atoms with van der Waals surface area (Å²) in [4.78, 5) is 0. The van der Waals surface area contributed by atoms with Crippen molar-refractivity contribution in [3.63, 3.8) is 0 Å². The van der Waals surface area contributed by atoms with Crippen LogP contribution in [0.25, 0.3) is 0 Å². The second-order valence-electron chi connectivity index (χ2n) is 9.39. The van der Waals surface area contributed by atoms with Crippen molar-refractivity contribution in [1.82, 2.24) is 0 Å². The normalized spacial score (nSPS) is 11.9. The van der Waals surface area contributed by atoms with Crippen molar-refractivity contribution < 1.29 is 17.5 Å².